The van der Waals surface area contributed by atoms with E-state index in [2.05, 4.69) is 15.9 Å². The summed E-state index contributed by atoms with van der Waals surface area (Å²) in [6.45, 7) is 3.32. The van der Waals surface area contributed by atoms with Gasteiger partial charge in [-0.15, -0.1) is 0 Å². The Morgan fingerprint density at radius 1 is 1.16 bits per heavy atom. The highest BCUT2D eigenvalue weighted by Crippen LogP contribution is 2.25. The number of rotatable bonds is 6. The van der Waals surface area contributed by atoms with Crippen molar-refractivity contribution in [1.29, 1.82) is 0 Å². The molecular formula is C13H21BrN2O2S. The zero-order chi connectivity index (χ0) is 14.6. The summed E-state index contributed by atoms with van der Waals surface area (Å²) in [4.78, 5) is 2.37. The van der Waals surface area contributed by atoms with Gasteiger partial charge in [-0.2, -0.15) is 0 Å². The van der Waals surface area contributed by atoms with Crippen LogP contribution in [0.5, 0.6) is 0 Å². The SMILES string of the molecule is Cc1ccc(S(=O)(=O)N(C)CCCN(C)C)c(Br)c1. The van der Waals surface area contributed by atoms with Crippen molar-refractivity contribution >= 4 is 26.0 Å². The Morgan fingerprint density at radius 2 is 1.79 bits per heavy atom. The summed E-state index contributed by atoms with van der Waals surface area (Å²) < 4.78 is 26.9. The number of hydrogen-bond acceptors (Lipinski definition) is 3. The van der Waals surface area contributed by atoms with Crippen molar-refractivity contribution in [2.24, 2.45) is 0 Å². The number of aryl methyl sites for hydroxylation is 1. The monoisotopic (exact) mass is 348 g/mol. The largest absolute Gasteiger partial charge is 0.309 e. The van der Waals surface area contributed by atoms with Crippen molar-refractivity contribution in [3.8, 4) is 0 Å². The normalized spacial score (nSPS) is 12.4. The lowest BCUT2D eigenvalue weighted by Gasteiger charge is -2.19. The highest BCUT2D eigenvalue weighted by Gasteiger charge is 2.22. The maximum absolute atomic E-state index is 12.4. The van der Waals surface area contributed by atoms with Gasteiger partial charge >= 0.3 is 0 Å². The minimum Gasteiger partial charge on any atom is -0.309 e. The van der Waals surface area contributed by atoms with Crippen LogP contribution in [0.1, 0.15) is 12.0 Å². The fraction of sp³-hybridized carbons (Fsp3) is 0.538. The van der Waals surface area contributed by atoms with Crippen LogP contribution in [0, 0.1) is 6.92 Å². The summed E-state index contributed by atoms with van der Waals surface area (Å²) in [5, 5.41) is 0. The van der Waals surface area contributed by atoms with Crippen LogP contribution in [-0.4, -0.2) is 51.9 Å². The van der Waals surface area contributed by atoms with Crippen LogP contribution in [0.4, 0.5) is 0 Å². The van der Waals surface area contributed by atoms with Crippen LogP contribution in [0.25, 0.3) is 0 Å². The minimum atomic E-state index is -3.42. The molecule has 0 aliphatic heterocycles. The van der Waals surface area contributed by atoms with Gasteiger partial charge in [0.05, 0.1) is 4.90 Å². The molecule has 0 saturated carbocycles. The lowest BCUT2D eigenvalue weighted by Crippen LogP contribution is -2.30. The molecule has 0 spiro atoms. The first-order chi connectivity index (χ1) is 8.75. The number of sulfonamides is 1. The molecular weight excluding hydrogens is 328 g/mol. The van der Waals surface area contributed by atoms with Gasteiger partial charge in [-0.1, -0.05) is 6.07 Å². The third kappa shape index (κ3) is 4.56. The van der Waals surface area contributed by atoms with E-state index in [1.165, 1.54) is 4.31 Å². The molecule has 1 aromatic rings. The Hall–Kier alpha value is -0.430. The van der Waals surface area contributed by atoms with Gasteiger partial charge < -0.3 is 4.90 Å². The summed E-state index contributed by atoms with van der Waals surface area (Å²) in [5.41, 5.74) is 1.03. The lowest BCUT2D eigenvalue weighted by atomic mass is 10.2. The Balaban J connectivity index is 2.85. The molecule has 0 atom stereocenters. The van der Waals surface area contributed by atoms with Crippen LogP contribution in [0.15, 0.2) is 27.6 Å². The molecule has 19 heavy (non-hydrogen) atoms. The van der Waals surface area contributed by atoms with Crippen LogP contribution in [-0.2, 0) is 10.0 Å². The van der Waals surface area contributed by atoms with Crippen LogP contribution in [0.2, 0.25) is 0 Å². The van der Waals surface area contributed by atoms with Crippen molar-refractivity contribution in [3.05, 3.63) is 28.2 Å². The van der Waals surface area contributed by atoms with E-state index in [4.69, 9.17) is 0 Å². The zero-order valence-electron chi connectivity index (χ0n) is 11.9. The van der Waals surface area contributed by atoms with Gasteiger partial charge in [0.15, 0.2) is 0 Å². The molecule has 1 aromatic carbocycles. The van der Waals surface area contributed by atoms with Gasteiger partial charge in [-0.3, -0.25) is 0 Å². The molecule has 1 rings (SSSR count). The van der Waals surface area contributed by atoms with E-state index in [1.807, 2.05) is 38.1 Å². The van der Waals surface area contributed by atoms with E-state index in [0.717, 1.165) is 18.5 Å². The van der Waals surface area contributed by atoms with E-state index in [0.29, 0.717) is 15.9 Å². The lowest BCUT2D eigenvalue weighted by molar-refractivity contribution is 0.370. The molecule has 0 aliphatic rings. The smallest absolute Gasteiger partial charge is 0.243 e. The Morgan fingerprint density at radius 3 is 2.32 bits per heavy atom. The molecule has 0 aliphatic carbocycles. The number of nitrogens with zero attached hydrogens (tertiary/aromatic N) is 2. The molecule has 0 aromatic heterocycles. The quantitative estimate of drug-likeness (QED) is 0.792. The molecule has 0 heterocycles. The van der Waals surface area contributed by atoms with E-state index >= 15 is 0 Å². The predicted octanol–water partition coefficient (Wildman–Crippen LogP) is 2.33. The molecule has 108 valence electrons. The van der Waals surface area contributed by atoms with Crippen molar-refractivity contribution < 1.29 is 8.42 Å². The second-order valence-electron chi connectivity index (χ2n) is 4.92. The van der Waals surface area contributed by atoms with Gasteiger partial charge in [0.25, 0.3) is 0 Å². The Kier molecular flexibility index (Phi) is 5.98. The Labute approximate surface area is 124 Å². The topological polar surface area (TPSA) is 40.6 Å². The van der Waals surface area contributed by atoms with Crippen LogP contribution >= 0.6 is 15.9 Å². The highest BCUT2D eigenvalue weighted by atomic mass is 79.9. The van der Waals surface area contributed by atoms with E-state index in [1.54, 1.807) is 13.1 Å². The molecule has 0 unspecified atom stereocenters. The predicted molar refractivity (Wildman–Crippen MR) is 81.9 cm³/mol. The summed E-state index contributed by atoms with van der Waals surface area (Å²) >= 11 is 3.33. The second-order valence-corrected chi connectivity index (χ2v) is 7.78. The molecule has 0 bridgehead atoms. The zero-order valence-corrected chi connectivity index (χ0v) is 14.3. The van der Waals surface area contributed by atoms with Gasteiger partial charge in [0, 0.05) is 18.1 Å². The van der Waals surface area contributed by atoms with Crippen LogP contribution < -0.4 is 0 Å². The van der Waals surface area contributed by atoms with Gasteiger partial charge in [0.1, 0.15) is 0 Å². The van der Waals surface area contributed by atoms with Crippen molar-refractivity contribution in [3.63, 3.8) is 0 Å². The third-order valence-corrected chi connectivity index (χ3v) is 5.69. The first-order valence-corrected chi connectivity index (χ1v) is 8.35. The third-order valence-electron chi connectivity index (χ3n) is 2.85. The fourth-order valence-corrected chi connectivity index (χ4v) is 4.07. The fourth-order valence-electron chi connectivity index (χ4n) is 1.71. The maximum atomic E-state index is 12.4. The summed E-state index contributed by atoms with van der Waals surface area (Å²) in [6, 6.07) is 5.28. The second kappa shape index (κ2) is 6.83. The van der Waals surface area contributed by atoms with Crippen molar-refractivity contribution in [2.45, 2.75) is 18.2 Å². The summed E-state index contributed by atoms with van der Waals surface area (Å²) in [7, 11) is 2.16. The standard InChI is InChI=1S/C13H21BrN2O2S/c1-11-6-7-13(12(14)10-11)19(17,18)16(4)9-5-8-15(2)3/h6-7,10H,5,8-9H2,1-4H3. The molecule has 6 heteroatoms. The van der Waals surface area contributed by atoms with Gasteiger partial charge in [0.2, 0.25) is 10.0 Å². The van der Waals surface area contributed by atoms with Crippen molar-refractivity contribution in [2.75, 3.05) is 34.2 Å². The van der Waals surface area contributed by atoms with Gasteiger partial charge in [-0.25, -0.2) is 12.7 Å². The van der Waals surface area contributed by atoms with Crippen molar-refractivity contribution in [1.82, 2.24) is 9.21 Å². The molecule has 0 saturated heterocycles. The molecule has 0 radical (unpaired) electrons. The molecule has 0 fully saturated rings. The summed E-state index contributed by atoms with van der Waals surface area (Å²) in [5.74, 6) is 0. The minimum absolute atomic E-state index is 0.324. The van der Waals surface area contributed by atoms with Gasteiger partial charge in [-0.05, 0) is 67.6 Å². The average Bonchev–Trinajstić information content (AvgIpc) is 2.27. The molecule has 0 N–H and O–H groups in total. The maximum Gasteiger partial charge on any atom is 0.243 e. The van der Waals surface area contributed by atoms with E-state index in [9.17, 15) is 8.42 Å². The van der Waals surface area contributed by atoms with E-state index in [-0.39, 0.29) is 0 Å². The summed E-state index contributed by atoms with van der Waals surface area (Å²) in [6.07, 6.45) is 0.812. The molecule has 0 amide bonds. The number of benzene rings is 1. The average molecular weight is 349 g/mol. The van der Waals surface area contributed by atoms with Crippen LogP contribution in [0.3, 0.4) is 0 Å². The number of halogens is 1. The highest BCUT2D eigenvalue weighted by molar-refractivity contribution is 9.10. The number of hydrogen-bond donors (Lipinski definition) is 0. The van der Waals surface area contributed by atoms with E-state index < -0.39 is 10.0 Å². The Bertz CT molecular complexity index is 529. The molecule has 4 nitrogen and oxygen atoms in total. The first-order valence-electron chi connectivity index (χ1n) is 6.12. The first kappa shape index (κ1) is 16.6.